The second-order valence-electron chi connectivity index (χ2n) is 7.29. The Morgan fingerprint density at radius 1 is 1.35 bits per heavy atom. The van der Waals surface area contributed by atoms with E-state index in [0.717, 1.165) is 24.5 Å². The van der Waals surface area contributed by atoms with Crippen LogP contribution in [0.3, 0.4) is 0 Å². The van der Waals surface area contributed by atoms with Crippen LogP contribution in [0.25, 0.3) is 0 Å². The van der Waals surface area contributed by atoms with Gasteiger partial charge < -0.3 is 10.2 Å². The predicted octanol–water partition coefficient (Wildman–Crippen LogP) is 3.86. The number of rotatable bonds is 8. The topological polar surface area (TPSA) is 15.3 Å². The molecule has 3 atom stereocenters. The van der Waals surface area contributed by atoms with Crippen LogP contribution in [0, 0.1) is 11.3 Å². The van der Waals surface area contributed by atoms with Crippen molar-refractivity contribution in [1.29, 1.82) is 0 Å². The zero-order valence-corrected chi connectivity index (χ0v) is 15.4. The number of nitrogens with one attached hydrogen (secondary N) is 1. The third kappa shape index (κ3) is 5.57. The normalized spacial score (nSPS) is 27.8. The van der Waals surface area contributed by atoms with Crippen molar-refractivity contribution in [3.05, 3.63) is 0 Å². The molecule has 0 amide bonds. The van der Waals surface area contributed by atoms with Crippen LogP contribution < -0.4 is 5.32 Å². The third-order valence-corrected chi connectivity index (χ3v) is 5.68. The van der Waals surface area contributed by atoms with E-state index < -0.39 is 0 Å². The average Bonchev–Trinajstić information content (AvgIpc) is 2.38. The van der Waals surface area contributed by atoms with Crippen LogP contribution >= 0.6 is 11.8 Å². The van der Waals surface area contributed by atoms with Gasteiger partial charge in [-0.2, -0.15) is 11.8 Å². The Morgan fingerprint density at radius 3 is 2.60 bits per heavy atom. The predicted molar refractivity (Wildman–Crippen MR) is 93.7 cm³/mol. The highest BCUT2D eigenvalue weighted by atomic mass is 32.2. The van der Waals surface area contributed by atoms with E-state index in [1.165, 1.54) is 38.0 Å². The van der Waals surface area contributed by atoms with Crippen molar-refractivity contribution in [3.8, 4) is 0 Å². The molecule has 0 bridgehead atoms. The van der Waals surface area contributed by atoms with Crippen LogP contribution in [-0.4, -0.2) is 49.1 Å². The molecule has 0 radical (unpaired) electrons. The van der Waals surface area contributed by atoms with Gasteiger partial charge in [0.05, 0.1) is 0 Å². The van der Waals surface area contributed by atoms with E-state index in [0.29, 0.717) is 5.41 Å². The molecule has 1 aliphatic carbocycles. The lowest BCUT2D eigenvalue weighted by Gasteiger charge is -2.43. The molecule has 1 rings (SSSR count). The van der Waals surface area contributed by atoms with Gasteiger partial charge in [-0.1, -0.05) is 27.7 Å². The Bertz CT molecular complexity index is 268. The van der Waals surface area contributed by atoms with Crippen LogP contribution in [0.15, 0.2) is 0 Å². The van der Waals surface area contributed by atoms with E-state index >= 15 is 0 Å². The highest BCUT2D eigenvalue weighted by Crippen LogP contribution is 2.39. The molecule has 0 heterocycles. The summed E-state index contributed by atoms with van der Waals surface area (Å²) in [5.74, 6) is 2.06. The molecule has 120 valence electrons. The number of hydrogen-bond acceptors (Lipinski definition) is 3. The van der Waals surface area contributed by atoms with E-state index in [-0.39, 0.29) is 0 Å². The summed E-state index contributed by atoms with van der Waals surface area (Å²) in [5.41, 5.74) is 0.526. The van der Waals surface area contributed by atoms with E-state index in [2.05, 4.69) is 51.2 Å². The average molecular weight is 301 g/mol. The summed E-state index contributed by atoms with van der Waals surface area (Å²) in [7, 11) is 2.33. The van der Waals surface area contributed by atoms with Gasteiger partial charge in [-0.25, -0.2) is 0 Å². The minimum absolute atomic E-state index is 0.526. The summed E-state index contributed by atoms with van der Waals surface area (Å²) >= 11 is 1.98. The highest BCUT2D eigenvalue weighted by Gasteiger charge is 2.35. The van der Waals surface area contributed by atoms with Gasteiger partial charge in [0.25, 0.3) is 0 Å². The van der Waals surface area contributed by atoms with Crippen molar-refractivity contribution >= 4 is 11.8 Å². The lowest BCUT2D eigenvalue weighted by Crippen LogP contribution is -2.48. The zero-order chi connectivity index (χ0) is 15.2. The fourth-order valence-corrected chi connectivity index (χ4v) is 4.60. The fraction of sp³-hybridized carbons (Fsp3) is 1.00. The smallest absolute Gasteiger partial charge is 0.0180 e. The second-order valence-corrected chi connectivity index (χ2v) is 8.20. The van der Waals surface area contributed by atoms with Crippen molar-refractivity contribution < 1.29 is 0 Å². The molecule has 2 nitrogen and oxygen atoms in total. The molecular formula is C17H36N2S. The SMILES string of the molecule is CCNC1CCC(C)(C)CC1CN(C)C(CC)CSC. The van der Waals surface area contributed by atoms with Crippen LogP contribution in [0.2, 0.25) is 0 Å². The van der Waals surface area contributed by atoms with Gasteiger partial charge in [0.15, 0.2) is 0 Å². The maximum Gasteiger partial charge on any atom is 0.0180 e. The summed E-state index contributed by atoms with van der Waals surface area (Å²) in [4.78, 5) is 2.62. The maximum atomic E-state index is 3.73. The summed E-state index contributed by atoms with van der Waals surface area (Å²) in [5, 5.41) is 3.73. The van der Waals surface area contributed by atoms with Crippen LogP contribution in [0.4, 0.5) is 0 Å². The first-order valence-corrected chi connectivity index (χ1v) is 9.75. The maximum absolute atomic E-state index is 3.73. The Morgan fingerprint density at radius 2 is 2.05 bits per heavy atom. The minimum Gasteiger partial charge on any atom is -0.314 e. The summed E-state index contributed by atoms with van der Waals surface area (Å²) in [6.45, 7) is 11.8. The molecule has 0 aromatic heterocycles. The highest BCUT2D eigenvalue weighted by molar-refractivity contribution is 7.98. The Kier molecular flexibility index (Phi) is 7.92. The van der Waals surface area contributed by atoms with Gasteiger partial charge in [-0.05, 0) is 56.9 Å². The molecule has 1 aliphatic rings. The van der Waals surface area contributed by atoms with Gasteiger partial charge in [-0.3, -0.25) is 0 Å². The lowest BCUT2D eigenvalue weighted by molar-refractivity contribution is 0.0973. The molecule has 20 heavy (non-hydrogen) atoms. The monoisotopic (exact) mass is 300 g/mol. The standard InChI is InChI=1S/C17H36N2S/c1-7-15(13-20-6)19(5)12-14-11-17(3,4)10-9-16(14)18-8-2/h14-16,18H,7-13H2,1-6H3. The van der Waals surface area contributed by atoms with Gasteiger partial charge in [0.1, 0.15) is 0 Å². The Labute approximate surface area is 131 Å². The summed E-state index contributed by atoms with van der Waals surface area (Å²) in [6, 6.07) is 1.46. The molecule has 0 aliphatic heterocycles. The van der Waals surface area contributed by atoms with Gasteiger partial charge in [-0.15, -0.1) is 0 Å². The Hall–Kier alpha value is 0.270. The summed E-state index contributed by atoms with van der Waals surface area (Å²) in [6.07, 6.45) is 7.57. The molecule has 3 heteroatoms. The van der Waals surface area contributed by atoms with Crippen molar-refractivity contribution in [1.82, 2.24) is 10.2 Å². The van der Waals surface area contributed by atoms with E-state index in [9.17, 15) is 0 Å². The van der Waals surface area contributed by atoms with E-state index in [1.807, 2.05) is 11.8 Å². The van der Waals surface area contributed by atoms with Gasteiger partial charge in [0, 0.05) is 24.4 Å². The lowest BCUT2D eigenvalue weighted by atomic mass is 9.69. The molecule has 0 aromatic rings. The molecule has 0 spiro atoms. The first-order chi connectivity index (χ1) is 9.43. The fourth-order valence-electron chi connectivity index (χ4n) is 3.73. The molecule has 1 N–H and O–H groups in total. The molecule has 0 aromatic carbocycles. The quantitative estimate of drug-likeness (QED) is 0.732. The first kappa shape index (κ1) is 18.3. The van der Waals surface area contributed by atoms with Crippen molar-refractivity contribution in [3.63, 3.8) is 0 Å². The zero-order valence-electron chi connectivity index (χ0n) is 14.5. The number of thioether (sulfide) groups is 1. The number of hydrogen-bond donors (Lipinski definition) is 1. The molecule has 3 unspecified atom stereocenters. The van der Waals surface area contributed by atoms with Crippen LogP contribution in [-0.2, 0) is 0 Å². The van der Waals surface area contributed by atoms with Gasteiger partial charge >= 0.3 is 0 Å². The van der Waals surface area contributed by atoms with Crippen LogP contribution in [0.1, 0.15) is 53.4 Å². The molecular weight excluding hydrogens is 264 g/mol. The minimum atomic E-state index is 0.526. The summed E-state index contributed by atoms with van der Waals surface area (Å²) < 4.78 is 0. The third-order valence-electron chi connectivity index (χ3n) is 4.96. The second kappa shape index (κ2) is 8.65. The van der Waals surface area contributed by atoms with Crippen LogP contribution in [0.5, 0.6) is 0 Å². The van der Waals surface area contributed by atoms with Crippen molar-refractivity contribution in [2.45, 2.75) is 65.5 Å². The largest absolute Gasteiger partial charge is 0.314 e. The van der Waals surface area contributed by atoms with E-state index in [4.69, 9.17) is 0 Å². The molecule has 0 saturated heterocycles. The molecule has 1 fully saturated rings. The van der Waals surface area contributed by atoms with Gasteiger partial charge in [0.2, 0.25) is 0 Å². The first-order valence-electron chi connectivity index (χ1n) is 8.36. The van der Waals surface area contributed by atoms with Crippen molar-refractivity contribution in [2.24, 2.45) is 11.3 Å². The van der Waals surface area contributed by atoms with E-state index in [1.54, 1.807) is 0 Å². The van der Waals surface area contributed by atoms with Crippen molar-refractivity contribution in [2.75, 3.05) is 32.1 Å². The number of nitrogens with zero attached hydrogens (tertiary/aromatic N) is 1. The molecule has 1 saturated carbocycles. The Balaban J connectivity index is 2.63.